The fraction of sp³-hybridized carbons (Fsp3) is 0.778. The third-order valence-corrected chi connectivity index (χ3v) is 2.38. The van der Waals surface area contributed by atoms with Crippen molar-refractivity contribution in [2.75, 3.05) is 19.6 Å². The quantitative estimate of drug-likeness (QED) is 0.594. The molecule has 0 atom stereocenters. The predicted octanol–water partition coefficient (Wildman–Crippen LogP) is 2.15. The van der Waals surface area contributed by atoms with Gasteiger partial charge in [0, 0.05) is 12.5 Å². The summed E-state index contributed by atoms with van der Waals surface area (Å²) in [6.45, 7) is 6.03. The van der Waals surface area contributed by atoms with E-state index in [1.54, 1.807) is 0 Å². The maximum Gasteiger partial charge on any atom is 0.241 e. The van der Waals surface area contributed by atoms with Crippen LogP contribution >= 0.6 is 0 Å². The van der Waals surface area contributed by atoms with Gasteiger partial charge in [0.15, 0.2) is 0 Å². The molecule has 0 aromatic heterocycles. The van der Waals surface area contributed by atoms with Gasteiger partial charge in [0.2, 0.25) is 6.43 Å². The summed E-state index contributed by atoms with van der Waals surface area (Å²) in [6, 6.07) is 0. The number of likely N-dealkylation sites (tertiary alicyclic amines) is 1. The van der Waals surface area contributed by atoms with Crippen molar-refractivity contribution in [1.29, 1.82) is 0 Å². The highest BCUT2D eigenvalue weighted by molar-refractivity contribution is 4.79. The zero-order chi connectivity index (χ0) is 8.97. The van der Waals surface area contributed by atoms with Crippen LogP contribution in [0.5, 0.6) is 0 Å². The largest absolute Gasteiger partial charge is 0.300 e. The Morgan fingerprint density at radius 2 is 2.00 bits per heavy atom. The van der Waals surface area contributed by atoms with E-state index in [4.69, 9.17) is 0 Å². The number of halogens is 2. The van der Waals surface area contributed by atoms with Crippen molar-refractivity contribution in [2.24, 2.45) is 5.92 Å². The Bertz CT molecular complexity index is 139. The molecule has 1 rings (SSSR count). The van der Waals surface area contributed by atoms with Gasteiger partial charge < -0.3 is 0 Å². The number of rotatable bonds is 3. The van der Waals surface area contributed by atoms with E-state index < -0.39 is 6.43 Å². The minimum absolute atomic E-state index is 0.369. The number of piperidine rings is 1. The van der Waals surface area contributed by atoms with E-state index in [9.17, 15) is 8.78 Å². The highest BCUT2D eigenvalue weighted by atomic mass is 19.3. The van der Waals surface area contributed by atoms with Gasteiger partial charge in [-0.15, -0.1) is 6.58 Å². The normalized spacial score (nSPS) is 21.6. The molecule has 0 saturated carbocycles. The minimum Gasteiger partial charge on any atom is -0.300 e. The topological polar surface area (TPSA) is 3.24 Å². The molecule has 0 N–H and O–H groups in total. The maximum absolute atomic E-state index is 12.2. The molecule has 1 saturated heterocycles. The molecule has 1 aliphatic rings. The molecule has 0 aliphatic carbocycles. The van der Waals surface area contributed by atoms with Gasteiger partial charge in [0.1, 0.15) is 0 Å². The Morgan fingerprint density at radius 3 is 2.42 bits per heavy atom. The van der Waals surface area contributed by atoms with E-state index in [0.717, 1.165) is 19.6 Å². The molecule has 0 unspecified atom stereocenters. The van der Waals surface area contributed by atoms with Crippen LogP contribution in [0.2, 0.25) is 0 Å². The van der Waals surface area contributed by atoms with Gasteiger partial charge in [-0.3, -0.25) is 4.90 Å². The zero-order valence-corrected chi connectivity index (χ0v) is 7.18. The Labute approximate surface area is 72.1 Å². The maximum atomic E-state index is 12.2. The van der Waals surface area contributed by atoms with Crippen molar-refractivity contribution in [3.05, 3.63) is 12.7 Å². The zero-order valence-electron chi connectivity index (χ0n) is 7.18. The lowest BCUT2D eigenvalue weighted by Gasteiger charge is -2.30. The smallest absolute Gasteiger partial charge is 0.241 e. The highest BCUT2D eigenvalue weighted by Crippen LogP contribution is 2.23. The van der Waals surface area contributed by atoms with E-state index >= 15 is 0 Å². The number of nitrogens with zero attached hydrogens (tertiary/aromatic N) is 1. The Kier molecular flexibility index (Phi) is 3.66. The van der Waals surface area contributed by atoms with E-state index in [1.807, 2.05) is 6.08 Å². The van der Waals surface area contributed by atoms with Crippen LogP contribution in [0.4, 0.5) is 8.78 Å². The predicted molar refractivity (Wildman–Crippen MR) is 45.4 cm³/mol. The fourth-order valence-electron chi connectivity index (χ4n) is 1.57. The van der Waals surface area contributed by atoms with Gasteiger partial charge in [0.05, 0.1) is 0 Å². The van der Waals surface area contributed by atoms with Gasteiger partial charge in [-0.2, -0.15) is 0 Å². The second-order valence-electron chi connectivity index (χ2n) is 3.26. The van der Waals surface area contributed by atoms with Crippen molar-refractivity contribution in [3.63, 3.8) is 0 Å². The van der Waals surface area contributed by atoms with Gasteiger partial charge in [-0.1, -0.05) is 6.08 Å². The van der Waals surface area contributed by atoms with Gasteiger partial charge in [0.25, 0.3) is 0 Å². The second kappa shape index (κ2) is 4.55. The van der Waals surface area contributed by atoms with Crippen LogP contribution in [0.3, 0.4) is 0 Å². The van der Waals surface area contributed by atoms with Crippen LogP contribution in [0.25, 0.3) is 0 Å². The average Bonchev–Trinajstić information content (AvgIpc) is 2.06. The van der Waals surface area contributed by atoms with Crippen LogP contribution < -0.4 is 0 Å². The highest BCUT2D eigenvalue weighted by Gasteiger charge is 2.25. The van der Waals surface area contributed by atoms with Crippen LogP contribution in [0, 0.1) is 5.92 Å². The van der Waals surface area contributed by atoms with Crippen molar-refractivity contribution in [3.8, 4) is 0 Å². The minimum atomic E-state index is -2.13. The third-order valence-electron chi connectivity index (χ3n) is 2.38. The monoisotopic (exact) mass is 175 g/mol. The molecule has 0 amide bonds. The molecule has 1 nitrogen and oxygen atoms in total. The molecule has 3 heteroatoms. The number of hydrogen-bond donors (Lipinski definition) is 0. The summed E-state index contributed by atoms with van der Waals surface area (Å²) in [7, 11) is 0. The van der Waals surface area contributed by atoms with Crippen molar-refractivity contribution >= 4 is 0 Å². The second-order valence-corrected chi connectivity index (χ2v) is 3.26. The van der Waals surface area contributed by atoms with Gasteiger partial charge in [-0.05, 0) is 25.9 Å². The summed E-state index contributed by atoms with van der Waals surface area (Å²) in [5, 5.41) is 0. The Morgan fingerprint density at radius 1 is 1.42 bits per heavy atom. The molecule has 12 heavy (non-hydrogen) atoms. The lowest BCUT2D eigenvalue weighted by molar-refractivity contribution is 0.0378. The van der Waals surface area contributed by atoms with Crippen LogP contribution in [0.1, 0.15) is 12.8 Å². The number of alkyl halides is 2. The lowest BCUT2D eigenvalue weighted by atomic mass is 9.97. The van der Waals surface area contributed by atoms with Crippen LogP contribution in [0.15, 0.2) is 12.7 Å². The first-order valence-corrected chi connectivity index (χ1v) is 4.35. The summed E-state index contributed by atoms with van der Waals surface area (Å²) in [6.07, 6.45) is 0.954. The molecule has 0 aromatic rings. The molecule has 0 aromatic carbocycles. The van der Waals surface area contributed by atoms with Gasteiger partial charge in [-0.25, -0.2) is 8.78 Å². The Hall–Kier alpha value is -0.440. The summed E-state index contributed by atoms with van der Waals surface area (Å²) < 4.78 is 24.4. The van der Waals surface area contributed by atoms with Crippen LogP contribution in [-0.4, -0.2) is 31.0 Å². The van der Waals surface area contributed by atoms with Crippen molar-refractivity contribution in [1.82, 2.24) is 4.90 Å². The first-order valence-electron chi connectivity index (χ1n) is 4.35. The van der Waals surface area contributed by atoms with E-state index in [0.29, 0.717) is 12.8 Å². The molecule has 0 bridgehead atoms. The van der Waals surface area contributed by atoms with Gasteiger partial charge >= 0.3 is 0 Å². The fourth-order valence-corrected chi connectivity index (χ4v) is 1.57. The molecule has 0 spiro atoms. The van der Waals surface area contributed by atoms with Crippen molar-refractivity contribution < 1.29 is 8.78 Å². The average molecular weight is 175 g/mol. The molecule has 0 radical (unpaired) electrons. The first kappa shape index (κ1) is 9.65. The van der Waals surface area contributed by atoms with E-state index in [1.165, 1.54) is 0 Å². The Balaban J connectivity index is 2.24. The molecule has 1 fully saturated rings. The third kappa shape index (κ3) is 2.55. The molecule has 1 aliphatic heterocycles. The van der Waals surface area contributed by atoms with Crippen molar-refractivity contribution in [2.45, 2.75) is 19.3 Å². The van der Waals surface area contributed by atoms with E-state index in [-0.39, 0.29) is 5.92 Å². The summed E-state index contributed by atoms with van der Waals surface area (Å²) in [5.41, 5.74) is 0. The SMILES string of the molecule is C=CCN1CCC(C(F)F)CC1. The molecular formula is C9H15F2N. The first-order chi connectivity index (χ1) is 5.74. The summed E-state index contributed by atoms with van der Waals surface area (Å²) in [4.78, 5) is 2.16. The van der Waals surface area contributed by atoms with E-state index in [2.05, 4.69) is 11.5 Å². The molecular weight excluding hydrogens is 160 g/mol. The van der Waals surface area contributed by atoms with Crippen LogP contribution in [-0.2, 0) is 0 Å². The summed E-state index contributed by atoms with van der Waals surface area (Å²) >= 11 is 0. The number of hydrogen-bond acceptors (Lipinski definition) is 1. The lowest BCUT2D eigenvalue weighted by Crippen LogP contribution is -2.35. The standard InChI is InChI=1S/C9H15F2N/c1-2-5-12-6-3-8(4-7-12)9(10)11/h2,8-9H,1,3-7H2. The summed E-state index contributed by atoms with van der Waals surface area (Å²) in [5.74, 6) is -0.369. The molecule has 70 valence electrons. The molecule has 1 heterocycles.